The maximum absolute atomic E-state index is 2.46. The van der Waals surface area contributed by atoms with Gasteiger partial charge in [0, 0.05) is 0 Å². The second kappa shape index (κ2) is 26.9. The van der Waals surface area contributed by atoms with Gasteiger partial charge in [0.15, 0.2) is 0 Å². The van der Waals surface area contributed by atoms with Gasteiger partial charge in [-0.25, -0.2) is 0 Å². The van der Waals surface area contributed by atoms with E-state index >= 15 is 0 Å². The van der Waals surface area contributed by atoms with Gasteiger partial charge < -0.3 is 8.97 Å². The van der Waals surface area contributed by atoms with Crippen molar-refractivity contribution in [2.45, 2.75) is 168 Å². The summed E-state index contributed by atoms with van der Waals surface area (Å²) in [6, 6.07) is 0. The molecule has 0 unspecified atom stereocenters. The molecule has 0 heterocycles. The van der Waals surface area contributed by atoms with E-state index in [9.17, 15) is 0 Å². The molecule has 0 aromatic heterocycles. The summed E-state index contributed by atoms with van der Waals surface area (Å²) in [5.74, 6) is 0. The van der Waals surface area contributed by atoms with Crippen LogP contribution in [0.25, 0.3) is 0 Å². The summed E-state index contributed by atoms with van der Waals surface area (Å²) < 4.78 is 2.28. The highest BCUT2D eigenvalue weighted by Gasteiger charge is 2.14. The smallest absolute Gasteiger partial charge is 0.0971 e. The van der Waals surface area contributed by atoms with Crippen LogP contribution in [0.3, 0.4) is 0 Å². The molecule has 0 radical (unpaired) electrons. The van der Waals surface area contributed by atoms with Crippen LogP contribution in [0.5, 0.6) is 0 Å². The molecular weight excluding hydrogens is 460 g/mol. The van der Waals surface area contributed by atoms with Crippen molar-refractivity contribution in [3.8, 4) is 0 Å². The van der Waals surface area contributed by atoms with E-state index in [2.05, 4.69) is 54.2 Å². The quantitative estimate of drug-likeness (QED) is 0.0486. The predicted octanol–water partition coefficient (Wildman–Crippen LogP) is 11.1. The largest absolute Gasteiger partial charge is 0.325 e. The Morgan fingerprint density at radius 3 is 0.763 bits per heavy atom. The van der Waals surface area contributed by atoms with Crippen molar-refractivity contribution in [1.82, 2.24) is 0 Å². The molecule has 228 valence electrons. The van der Waals surface area contributed by atoms with Gasteiger partial charge in [-0.2, -0.15) is 0 Å². The zero-order chi connectivity index (χ0) is 28.2. The lowest BCUT2D eigenvalue weighted by Gasteiger charge is -2.30. The minimum absolute atomic E-state index is 1.14. The average molecular weight is 537 g/mol. The highest BCUT2D eigenvalue weighted by molar-refractivity contribution is 4.81. The second-order valence-corrected chi connectivity index (χ2v) is 13.9. The molecule has 0 rings (SSSR count). The van der Waals surface area contributed by atoms with Crippen molar-refractivity contribution in [2.24, 2.45) is 0 Å². The molecule has 2 heteroatoms. The van der Waals surface area contributed by atoms with Crippen LogP contribution in [0, 0.1) is 0 Å². The number of hydrogen-bond donors (Lipinski definition) is 0. The molecule has 0 aromatic rings. The number of rotatable bonds is 30. The molecule has 0 amide bonds. The fourth-order valence-electron chi connectivity index (χ4n) is 5.66. The molecule has 0 N–H and O–H groups in total. The molecule has 0 atom stereocenters. The molecule has 0 fully saturated rings. The molecule has 0 aliphatic heterocycles. The monoisotopic (exact) mass is 537 g/mol. The Bertz CT molecular complexity index is 450. The Labute approximate surface area is 243 Å². The van der Waals surface area contributed by atoms with Crippen LogP contribution < -0.4 is 0 Å². The van der Waals surface area contributed by atoms with Gasteiger partial charge in [-0.15, -0.1) is 0 Å². The lowest BCUT2D eigenvalue weighted by Crippen LogP contribution is -2.42. The lowest BCUT2D eigenvalue weighted by atomic mass is 10.1. The van der Waals surface area contributed by atoms with E-state index in [1.54, 1.807) is 0 Å². The summed E-state index contributed by atoms with van der Waals surface area (Å²) in [7, 11) is 9.65. The van der Waals surface area contributed by atoms with Gasteiger partial charge in [0.1, 0.15) is 0 Å². The fraction of sp³-hybridized carbons (Fsp3) is 0.944. The normalized spacial score (nSPS) is 12.7. The van der Waals surface area contributed by atoms with Crippen molar-refractivity contribution >= 4 is 0 Å². The van der Waals surface area contributed by atoms with Crippen LogP contribution in [-0.2, 0) is 0 Å². The first kappa shape index (κ1) is 37.7. The standard InChI is InChI=1S/C36H76N2/c1-7-9-11-13-15-17-19-21-23-25-27-29-33-37(3,4)35-31-32-36-38(5,6)34-30-28-26-24-22-20-18-16-14-12-10-8-2/h31-32H,7-30,33-36H2,1-6H3/q+2/b32-31-. The lowest BCUT2D eigenvalue weighted by molar-refractivity contribution is -0.887. The van der Waals surface area contributed by atoms with E-state index in [0.717, 1.165) is 8.97 Å². The summed E-state index contributed by atoms with van der Waals surface area (Å²) in [6.45, 7) is 9.60. The first-order chi connectivity index (χ1) is 18.3. The maximum atomic E-state index is 2.46. The van der Waals surface area contributed by atoms with E-state index in [1.165, 1.54) is 180 Å². The van der Waals surface area contributed by atoms with Crippen LogP contribution in [0.1, 0.15) is 168 Å². The molecule has 38 heavy (non-hydrogen) atoms. The van der Waals surface area contributed by atoms with E-state index in [-0.39, 0.29) is 0 Å². The SMILES string of the molecule is CCCCCCCCCCCCCC[N+](C)(C)C/C=C\C[N+](C)(C)CCCCCCCCCCCCCC. The summed E-state index contributed by atoms with van der Waals surface area (Å²) >= 11 is 0. The second-order valence-electron chi connectivity index (χ2n) is 13.9. The van der Waals surface area contributed by atoms with Crippen LogP contribution in [0.4, 0.5) is 0 Å². The van der Waals surface area contributed by atoms with Crippen LogP contribution in [0.15, 0.2) is 12.2 Å². The van der Waals surface area contributed by atoms with E-state index in [0.29, 0.717) is 0 Å². The summed E-state index contributed by atoms with van der Waals surface area (Å²) in [4.78, 5) is 0. The van der Waals surface area contributed by atoms with Gasteiger partial charge in [0.05, 0.1) is 54.4 Å². The molecule has 0 saturated carbocycles. The zero-order valence-electron chi connectivity index (χ0n) is 27.8. The third-order valence-electron chi connectivity index (χ3n) is 8.60. The molecule has 0 saturated heterocycles. The Morgan fingerprint density at radius 1 is 0.316 bits per heavy atom. The van der Waals surface area contributed by atoms with Gasteiger partial charge in [0.25, 0.3) is 0 Å². The first-order valence-corrected chi connectivity index (χ1v) is 17.6. The molecule has 0 aliphatic carbocycles. The molecular formula is C36H76N2+2. The topological polar surface area (TPSA) is 0 Å². The minimum atomic E-state index is 1.14. The Balaban J connectivity index is 3.63. The predicted molar refractivity (Wildman–Crippen MR) is 175 cm³/mol. The van der Waals surface area contributed by atoms with Crippen LogP contribution in [-0.4, -0.2) is 63.3 Å². The summed E-state index contributed by atoms with van der Waals surface area (Å²) in [5, 5.41) is 0. The van der Waals surface area contributed by atoms with E-state index in [1.807, 2.05) is 0 Å². The van der Waals surface area contributed by atoms with Gasteiger partial charge in [0.2, 0.25) is 0 Å². The molecule has 0 aliphatic rings. The maximum Gasteiger partial charge on any atom is 0.0971 e. The molecule has 0 aromatic carbocycles. The minimum Gasteiger partial charge on any atom is -0.325 e. The fourth-order valence-corrected chi connectivity index (χ4v) is 5.66. The summed E-state index contributed by atoms with van der Waals surface area (Å²) in [6.07, 6.45) is 39.5. The highest BCUT2D eigenvalue weighted by Crippen LogP contribution is 2.14. The number of quaternary nitrogens is 2. The van der Waals surface area contributed by atoms with Crippen molar-refractivity contribution in [3.05, 3.63) is 12.2 Å². The number of nitrogens with zero attached hydrogens (tertiary/aromatic N) is 2. The van der Waals surface area contributed by atoms with Crippen molar-refractivity contribution in [3.63, 3.8) is 0 Å². The third kappa shape index (κ3) is 28.7. The first-order valence-electron chi connectivity index (χ1n) is 17.6. The van der Waals surface area contributed by atoms with Crippen LogP contribution in [0.2, 0.25) is 0 Å². The van der Waals surface area contributed by atoms with Gasteiger partial charge in [-0.05, 0) is 37.8 Å². The molecule has 0 spiro atoms. The van der Waals surface area contributed by atoms with Gasteiger partial charge in [-0.3, -0.25) is 0 Å². The molecule has 0 bridgehead atoms. The Hall–Kier alpha value is -0.340. The van der Waals surface area contributed by atoms with E-state index in [4.69, 9.17) is 0 Å². The average Bonchev–Trinajstić information content (AvgIpc) is 2.88. The van der Waals surface area contributed by atoms with Gasteiger partial charge in [-0.1, -0.05) is 142 Å². The van der Waals surface area contributed by atoms with Crippen molar-refractivity contribution < 1.29 is 8.97 Å². The van der Waals surface area contributed by atoms with Crippen LogP contribution >= 0.6 is 0 Å². The van der Waals surface area contributed by atoms with Crippen molar-refractivity contribution in [1.29, 1.82) is 0 Å². The molecule has 2 nitrogen and oxygen atoms in total. The number of hydrogen-bond acceptors (Lipinski definition) is 0. The summed E-state index contributed by atoms with van der Waals surface area (Å²) in [5.41, 5.74) is 0. The zero-order valence-corrected chi connectivity index (χ0v) is 27.8. The van der Waals surface area contributed by atoms with Crippen molar-refractivity contribution in [2.75, 3.05) is 54.4 Å². The third-order valence-corrected chi connectivity index (χ3v) is 8.60. The Morgan fingerprint density at radius 2 is 0.526 bits per heavy atom. The Kier molecular flexibility index (Phi) is 26.6. The van der Waals surface area contributed by atoms with E-state index < -0.39 is 0 Å². The van der Waals surface area contributed by atoms with Gasteiger partial charge >= 0.3 is 0 Å². The number of unbranched alkanes of at least 4 members (excludes halogenated alkanes) is 22. The highest BCUT2D eigenvalue weighted by atomic mass is 15.3. The number of likely N-dealkylation sites (N-methyl/N-ethyl adjacent to an activating group) is 2.